The van der Waals surface area contributed by atoms with E-state index < -0.39 is 23.3 Å². The Morgan fingerprint density at radius 1 is 1.19 bits per heavy atom. The minimum absolute atomic E-state index is 0.149. The highest BCUT2D eigenvalue weighted by Crippen LogP contribution is 2.31. The summed E-state index contributed by atoms with van der Waals surface area (Å²) >= 11 is 8.22. The SMILES string of the molecule is CC1(C)CN(Cc2ccsc2)CCN1C(=O)c1cc2c(C(=O)C(=O)N3CCC(O)C3)c[nH]c2cc1Cl. The number of piperazine rings is 1. The Labute approximate surface area is 218 Å². The molecule has 2 aliphatic heterocycles. The summed E-state index contributed by atoms with van der Waals surface area (Å²) in [4.78, 5) is 48.0. The molecule has 3 aromatic rings. The van der Waals surface area contributed by atoms with Crippen LogP contribution in [0.1, 0.15) is 46.5 Å². The van der Waals surface area contributed by atoms with Gasteiger partial charge in [0.2, 0.25) is 0 Å². The molecule has 1 aromatic carbocycles. The molecule has 0 radical (unpaired) electrons. The number of carbonyl (C=O) groups is 3. The van der Waals surface area contributed by atoms with Gasteiger partial charge in [0.15, 0.2) is 0 Å². The molecule has 2 aliphatic rings. The Morgan fingerprint density at radius 3 is 2.67 bits per heavy atom. The lowest BCUT2D eigenvalue weighted by Crippen LogP contribution is -2.60. The van der Waals surface area contributed by atoms with Crippen LogP contribution in [0.3, 0.4) is 0 Å². The molecule has 1 unspecified atom stereocenters. The standard InChI is InChI=1S/C26H29ClN4O4S/c1-26(2)15-29(12-16-4-8-36-14-16)6-7-31(26)24(34)19-9-18-20(11-28-22(18)10-21(19)27)23(33)25(35)30-5-3-17(32)13-30/h4,8-11,14,17,28,32H,3,5-7,12-13,15H2,1-2H3. The van der Waals surface area contributed by atoms with Crippen molar-refractivity contribution in [3.63, 3.8) is 0 Å². The predicted octanol–water partition coefficient (Wildman–Crippen LogP) is 3.40. The number of nitrogens with zero attached hydrogens (tertiary/aromatic N) is 3. The molecule has 4 heterocycles. The molecule has 1 atom stereocenters. The van der Waals surface area contributed by atoms with Crippen LogP contribution >= 0.6 is 22.9 Å². The van der Waals surface area contributed by atoms with Crippen LogP contribution < -0.4 is 0 Å². The van der Waals surface area contributed by atoms with E-state index in [4.69, 9.17) is 11.6 Å². The maximum Gasteiger partial charge on any atom is 0.295 e. The molecular weight excluding hydrogens is 500 g/mol. The second-order valence-electron chi connectivity index (χ2n) is 10.2. The lowest BCUT2D eigenvalue weighted by Gasteiger charge is -2.47. The molecule has 0 aliphatic carbocycles. The van der Waals surface area contributed by atoms with Crippen LogP contribution in [-0.4, -0.2) is 86.8 Å². The number of carbonyl (C=O) groups excluding carboxylic acids is 3. The normalized spacial score (nSPS) is 20.3. The lowest BCUT2D eigenvalue weighted by molar-refractivity contribution is -0.125. The van der Waals surface area contributed by atoms with Crippen LogP contribution in [0.5, 0.6) is 0 Å². The number of amides is 2. The summed E-state index contributed by atoms with van der Waals surface area (Å²) in [5.41, 5.74) is 1.93. The number of aromatic amines is 1. The van der Waals surface area contributed by atoms with Crippen molar-refractivity contribution in [3.05, 3.63) is 56.9 Å². The van der Waals surface area contributed by atoms with Gasteiger partial charge in [-0.05, 0) is 54.8 Å². The van der Waals surface area contributed by atoms with Crippen molar-refractivity contribution in [1.82, 2.24) is 19.7 Å². The number of halogens is 1. The predicted molar refractivity (Wildman–Crippen MR) is 140 cm³/mol. The number of β-amino-alcohol motifs (C(OH)–C–C–N with tert-alkyl or cyclic N) is 1. The van der Waals surface area contributed by atoms with Crippen molar-refractivity contribution in [1.29, 1.82) is 0 Å². The molecule has 2 aromatic heterocycles. The van der Waals surface area contributed by atoms with E-state index in [1.165, 1.54) is 16.7 Å². The quantitative estimate of drug-likeness (QED) is 0.391. The topological polar surface area (TPSA) is 97.0 Å². The van der Waals surface area contributed by atoms with Gasteiger partial charge in [0.25, 0.3) is 17.6 Å². The Morgan fingerprint density at radius 2 is 2.00 bits per heavy atom. The molecule has 190 valence electrons. The van der Waals surface area contributed by atoms with Gasteiger partial charge in [-0.2, -0.15) is 11.3 Å². The highest BCUT2D eigenvalue weighted by Gasteiger charge is 2.38. The first-order valence-corrected chi connectivity index (χ1v) is 13.3. The lowest BCUT2D eigenvalue weighted by atomic mass is 9.96. The molecular formula is C26H29ClN4O4S. The first-order chi connectivity index (χ1) is 17.1. The van der Waals surface area contributed by atoms with Gasteiger partial charge in [0.1, 0.15) is 0 Å². The molecule has 10 heteroatoms. The van der Waals surface area contributed by atoms with Gasteiger partial charge in [0, 0.05) is 56.4 Å². The maximum absolute atomic E-state index is 13.7. The monoisotopic (exact) mass is 528 g/mol. The smallest absolute Gasteiger partial charge is 0.295 e. The molecule has 2 N–H and O–H groups in total. The number of hydrogen-bond donors (Lipinski definition) is 2. The maximum atomic E-state index is 13.7. The molecule has 0 spiro atoms. The number of likely N-dealkylation sites (tertiary alicyclic amines) is 1. The van der Waals surface area contributed by atoms with E-state index in [0.29, 0.717) is 41.0 Å². The molecule has 2 amide bonds. The number of ketones is 1. The summed E-state index contributed by atoms with van der Waals surface area (Å²) in [6.45, 7) is 7.45. The molecule has 2 saturated heterocycles. The third kappa shape index (κ3) is 4.68. The fourth-order valence-electron chi connectivity index (χ4n) is 5.23. The van der Waals surface area contributed by atoms with Crippen molar-refractivity contribution in [2.45, 2.75) is 38.5 Å². The van der Waals surface area contributed by atoms with Crippen molar-refractivity contribution in [2.24, 2.45) is 0 Å². The van der Waals surface area contributed by atoms with Crippen LogP contribution in [0.15, 0.2) is 35.2 Å². The Balaban J connectivity index is 1.38. The van der Waals surface area contributed by atoms with Gasteiger partial charge >= 0.3 is 0 Å². The summed E-state index contributed by atoms with van der Waals surface area (Å²) in [5.74, 6) is -1.52. The molecule has 2 fully saturated rings. The minimum Gasteiger partial charge on any atom is -0.391 e. The number of nitrogens with one attached hydrogen (secondary N) is 1. The number of aromatic nitrogens is 1. The number of benzene rings is 1. The number of rotatable bonds is 5. The third-order valence-corrected chi connectivity index (χ3v) is 8.15. The van der Waals surface area contributed by atoms with Crippen LogP contribution in [0.25, 0.3) is 10.9 Å². The van der Waals surface area contributed by atoms with E-state index in [-0.39, 0.29) is 18.0 Å². The Bertz CT molecular complexity index is 1320. The van der Waals surface area contributed by atoms with E-state index in [1.54, 1.807) is 23.5 Å². The van der Waals surface area contributed by atoms with Crippen LogP contribution in [-0.2, 0) is 11.3 Å². The van der Waals surface area contributed by atoms with Gasteiger partial charge in [0.05, 0.1) is 27.8 Å². The average molecular weight is 529 g/mol. The van der Waals surface area contributed by atoms with Gasteiger partial charge in [-0.15, -0.1) is 0 Å². The molecule has 0 saturated carbocycles. The van der Waals surface area contributed by atoms with Crippen molar-refractivity contribution < 1.29 is 19.5 Å². The third-order valence-electron chi connectivity index (χ3n) is 7.10. The number of aliphatic hydroxyl groups is 1. The van der Waals surface area contributed by atoms with Gasteiger partial charge in [-0.25, -0.2) is 0 Å². The summed E-state index contributed by atoms with van der Waals surface area (Å²) in [7, 11) is 0. The highest BCUT2D eigenvalue weighted by molar-refractivity contribution is 7.07. The second-order valence-corrected chi connectivity index (χ2v) is 11.4. The number of aliphatic hydroxyl groups excluding tert-OH is 1. The van der Waals surface area contributed by atoms with E-state index in [9.17, 15) is 19.5 Å². The molecule has 5 rings (SSSR count). The zero-order valence-electron chi connectivity index (χ0n) is 20.3. The van der Waals surface area contributed by atoms with Crippen molar-refractivity contribution in [3.8, 4) is 0 Å². The number of Topliss-reactive ketones (excluding diaryl/α,β-unsaturated/α-hetero) is 1. The molecule has 8 nitrogen and oxygen atoms in total. The van der Waals surface area contributed by atoms with Gasteiger partial charge < -0.3 is 19.9 Å². The summed E-state index contributed by atoms with van der Waals surface area (Å²) in [5, 5.41) is 14.7. The average Bonchev–Trinajstić information content (AvgIpc) is 3.58. The Kier molecular flexibility index (Phi) is 6.67. The van der Waals surface area contributed by atoms with Crippen LogP contribution in [0.4, 0.5) is 0 Å². The molecule has 36 heavy (non-hydrogen) atoms. The van der Waals surface area contributed by atoms with E-state index in [2.05, 4.69) is 26.7 Å². The fourth-order valence-corrected chi connectivity index (χ4v) is 6.14. The largest absolute Gasteiger partial charge is 0.391 e. The van der Waals surface area contributed by atoms with Gasteiger partial charge in [-0.3, -0.25) is 19.3 Å². The number of fused-ring (bicyclic) bond motifs is 1. The minimum atomic E-state index is -0.668. The van der Waals surface area contributed by atoms with E-state index >= 15 is 0 Å². The number of H-pyrrole nitrogens is 1. The van der Waals surface area contributed by atoms with E-state index in [0.717, 1.165) is 19.6 Å². The van der Waals surface area contributed by atoms with Crippen LogP contribution in [0.2, 0.25) is 5.02 Å². The number of thiophene rings is 1. The second kappa shape index (κ2) is 9.63. The summed E-state index contributed by atoms with van der Waals surface area (Å²) < 4.78 is 0. The summed E-state index contributed by atoms with van der Waals surface area (Å²) in [6.07, 6.45) is 1.33. The van der Waals surface area contributed by atoms with Crippen molar-refractivity contribution >= 4 is 51.4 Å². The van der Waals surface area contributed by atoms with Crippen LogP contribution in [0, 0.1) is 0 Å². The zero-order valence-corrected chi connectivity index (χ0v) is 21.9. The highest BCUT2D eigenvalue weighted by atomic mass is 35.5. The van der Waals surface area contributed by atoms with E-state index in [1.807, 2.05) is 18.7 Å². The Hall–Kier alpha value is -2.72. The summed E-state index contributed by atoms with van der Waals surface area (Å²) in [6, 6.07) is 5.37. The molecule has 0 bridgehead atoms. The fraction of sp³-hybridized carbons (Fsp3) is 0.423. The first-order valence-electron chi connectivity index (χ1n) is 12.0. The zero-order chi connectivity index (χ0) is 25.6. The first kappa shape index (κ1) is 25.0. The number of hydrogen-bond acceptors (Lipinski definition) is 6. The van der Waals surface area contributed by atoms with Crippen molar-refractivity contribution in [2.75, 3.05) is 32.7 Å². The van der Waals surface area contributed by atoms with Gasteiger partial charge in [-0.1, -0.05) is 11.6 Å².